The largest absolute Gasteiger partial charge is 0.481 e. The molecule has 1 fully saturated rings. The maximum atomic E-state index is 12.3. The van der Waals surface area contributed by atoms with E-state index in [0.717, 1.165) is 0 Å². The van der Waals surface area contributed by atoms with Crippen LogP contribution in [0.5, 0.6) is 5.88 Å². The van der Waals surface area contributed by atoms with Crippen LogP contribution < -0.4 is 4.74 Å². The van der Waals surface area contributed by atoms with Crippen molar-refractivity contribution in [3.05, 3.63) is 23.9 Å². The van der Waals surface area contributed by atoms with Crippen LogP contribution in [0.1, 0.15) is 16.8 Å². The molecule has 0 spiro atoms. The smallest absolute Gasteiger partial charge is 0.255 e. The molecule has 1 aromatic rings. The van der Waals surface area contributed by atoms with Gasteiger partial charge in [0.05, 0.1) is 24.8 Å². The highest BCUT2D eigenvalue weighted by Crippen LogP contribution is 2.23. The van der Waals surface area contributed by atoms with E-state index in [0.29, 0.717) is 37.5 Å². The first-order valence-corrected chi connectivity index (χ1v) is 6.60. The Morgan fingerprint density at radius 1 is 1.55 bits per heavy atom. The van der Waals surface area contributed by atoms with E-state index in [1.54, 1.807) is 17.0 Å². The lowest BCUT2D eigenvalue weighted by Crippen LogP contribution is -2.43. The minimum absolute atomic E-state index is 0.102. The average Bonchev–Trinajstić information content (AvgIpc) is 2.79. The lowest BCUT2D eigenvalue weighted by Gasteiger charge is -2.26. The summed E-state index contributed by atoms with van der Waals surface area (Å²) in [6.45, 7) is 1.48. The van der Waals surface area contributed by atoms with Gasteiger partial charge in [0.15, 0.2) is 0 Å². The van der Waals surface area contributed by atoms with Gasteiger partial charge in [0.1, 0.15) is 0 Å². The summed E-state index contributed by atoms with van der Waals surface area (Å²) < 4.78 is 4.97. The normalized spacial score (nSPS) is 22.4. The summed E-state index contributed by atoms with van der Waals surface area (Å²) in [5.41, 5.74) is -0.307. The van der Waals surface area contributed by atoms with Gasteiger partial charge in [-0.25, -0.2) is 4.98 Å². The molecular weight excluding hydrogens is 258 g/mol. The molecule has 1 atom stereocenters. The Kier molecular flexibility index (Phi) is 4.25. The molecular formula is C14H21N3O3. The fraction of sp³-hybridized carbons (Fsp3) is 0.571. The van der Waals surface area contributed by atoms with Crippen LogP contribution in [-0.4, -0.2) is 72.2 Å². The van der Waals surface area contributed by atoms with Crippen LogP contribution in [0, 0.1) is 0 Å². The molecule has 1 unspecified atom stereocenters. The number of nitrogens with zero attached hydrogens (tertiary/aromatic N) is 3. The van der Waals surface area contributed by atoms with E-state index in [9.17, 15) is 9.90 Å². The number of amides is 1. The number of hydrogen-bond acceptors (Lipinski definition) is 5. The van der Waals surface area contributed by atoms with E-state index in [1.165, 1.54) is 13.3 Å². The van der Waals surface area contributed by atoms with Crippen LogP contribution in [0.3, 0.4) is 0 Å². The molecule has 0 radical (unpaired) electrons. The average molecular weight is 279 g/mol. The van der Waals surface area contributed by atoms with Gasteiger partial charge in [-0.2, -0.15) is 0 Å². The third kappa shape index (κ3) is 3.26. The van der Waals surface area contributed by atoms with Crippen LogP contribution in [0.15, 0.2) is 18.3 Å². The Balaban J connectivity index is 2.03. The first kappa shape index (κ1) is 14.7. The fourth-order valence-corrected chi connectivity index (χ4v) is 2.56. The molecule has 6 heteroatoms. The maximum absolute atomic E-state index is 12.3. The zero-order valence-electron chi connectivity index (χ0n) is 12.2. The second kappa shape index (κ2) is 5.76. The van der Waals surface area contributed by atoms with Crippen LogP contribution >= 0.6 is 0 Å². The highest BCUT2D eigenvalue weighted by Gasteiger charge is 2.38. The van der Waals surface area contributed by atoms with Gasteiger partial charge in [-0.1, -0.05) is 0 Å². The first-order valence-electron chi connectivity index (χ1n) is 6.60. The van der Waals surface area contributed by atoms with Gasteiger partial charge in [0.25, 0.3) is 5.91 Å². The zero-order chi connectivity index (χ0) is 14.8. The highest BCUT2D eigenvalue weighted by atomic mass is 16.5. The maximum Gasteiger partial charge on any atom is 0.255 e. The number of ether oxygens (including phenoxy) is 1. The molecule has 20 heavy (non-hydrogen) atoms. The molecule has 0 aliphatic carbocycles. The summed E-state index contributed by atoms with van der Waals surface area (Å²) in [6.07, 6.45) is 2.10. The minimum Gasteiger partial charge on any atom is -0.481 e. The quantitative estimate of drug-likeness (QED) is 0.854. The predicted molar refractivity (Wildman–Crippen MR) is 74.8 cm³/mol. The molecule has 0 aromatic carbocycles. The topological polar surface area (TPSA) is 65.9 Å². The lowest BCUT2D eigenvalue weighted by molar-refractivity contribution is 0.0236. The van der Waals surface area contributed by atoms with Crippen LogP contribution in [-0.2, 0) is 0 Å². The number of β-amino-alcohol motifs (C(OH)–C–C–N with tert-alkyl or cyclic N) is 1. The predicted octanol–water partition coefficient (Wildman–Crippen LogP) is 0.229. The highest BCUT2D eigenvalue weighted by molar-refractivity contribution is 5.94. The van der Waals surface area contributed by atoms with E-state index < -0.39 is 5.60 Å². The number of carbonyl (C=O) groups excluding carboxylic acids is 1. The van der Waals surface area contributed by atoms with Crippen molar-refractivity contribution < 1.29 is 14.6 Å². The summed E-state index contributed by atoms with van der Waals surface area (Å²) in [5.74, 6) is 0.377. The van der Waals surface area contributed by atoms with Crippen molar-refractivity contribution in [1.29, 1.82) is 0 Å². The Labute approximate surface area is 119 Å². The third-order valence-corrected chi connectivity index (χ3v) is 3.42. The summed E-state index contributed by atoms with van der Waals surface area (Å²) >= 11 is 0. The van der Waals surface area contributed by atoms with Crippen molar-refractivity contribution in [3.8, 4) is 5.88 Å². The second-order valence-corrected chi connectivity index (χ2v) is 5.53. The zero-order valence-corrected chi connectivity index (χ0v) is 12.2. The molecule has 1 aliphatic rings. The lowest BCUT2D eigenvalue weighted by atomic mass is 10.0. The van der Waals surface area contributed by atoms with E-state index >= 15 is 0 Å². The van der Waals surface area contributed by atoms with E-state index in [1.807, 2.05) is 19.0 Å². The first-order chi connectivity index (χ1) is 9.43. The van der Waals surface area contributed by atoms with Crippen molar-refractivity contribution in [2.45, 2.75) is 12.0 Å². The van der Waals surface area contributed by atoms with Gasteiger partial charge in [-0.3, -0.25) is 4.79 Å². The van der Waals surface area contributed by atoms with Crippen molar-refractivity contribution >= 4 is 5.91 Å². The summed E-state index contributed by atoms with van der Waals surface area (Å²) in [5, 5.41) is 10.4. The summed E-state index contributed by atoms with van der Waals surface area (Å²) in [7, 11) is 5.36. The second-order valence-electron chi connectivity index (χ2n) is 5.53. The third-order valence-electron chi connectivity index (χ3n) is 3.42. The van der Waals surface area contributed by atoms with Gasteiger partial charge in [-0.15, -0.1) is 0 Å². The molecule has 1 amide bonds. The molecule has 2 heterocycles. The molecule has 1 aromatic heterocycles. The Hall–Kier alpha value is -1.66. The van der Waals surface area contributed by atoms with E-state index in [2.05, 4.69) is 4.98 Å². The number of methoxy groups -OCH3 is 1. The van der Waals surface area contributed by atoms with Gasteiger partial charge in [0.2, 0.25) is 5.88 Å². The van der Waals surface area contributed by atoms with E-state index in [-0.39, 0.29) is 5.91 Å². The molecule has 0 bridgehead atoms. The number of aliphatic hydroxyl groups is 1. The number of rotatable bonds is 4. The molecule has 0 saturated carbocycles. The Morgan fingerprint density at radius 2 is 2.30 bits per heavy atom. The number of likely N-dealkylation sites (tertiary alicyclic amines) is 1. The molecule has 1 saturated heterocycles. The minimum atomic E-state index is -0.820. The van der Waals surface area contributed by atoms with Crippen molar-refractivity contribution in [2.75, 3.05) is 40.8 Å². The van der Waals surface area contributed by atoms with Crippen LogP contribution in [0.2, 0.25) is 0 Å². The molecule has 1 N–H and O–H groups in total. The summed E-state index contributed by atoms with van der Waals surface area (Å²) in [6, 6.07) is 3.35. The van der Waals surface area contributed by atoms with Crippen LogP contribution in [0.25, 0.3) is 0 Å². The molecule has 6 nitrogen and oxygen atoms in total. The number of pyridine rings is 1. The van der Waals surface area contributed by atoms with Gasteiger partial charge in [-0.05, 0) is 26.6 Å². The summed E-state index contributed by atoms with van der Waals surface area (Å²) in [4.78, 5) is 20.0. The van der Waals surface area contributed by atoms with Gasteiger partial charge < -0.3 is 19.6 Å². The van der Waals surface area contributed by atoms with Crippen LogP contribution in [0.4, 0.5) is 0 Å². The van der Waals surface area contributed by atoms with Gasteiger partial charge in [0, 0.05) is 25.4 Å². The number of hydrogen-bond donors (Lipinski definition) is 1. The Morgan fingerprint density at radius 3 is 2.85 bits per heavy atom. The molecule has 1 aliphatic heterocycles. The van der Waals surface area contributed by atoms with Crippen molar-refractivity contribution in [1.82, 2.24) is 14.8 Å². The number of likely N-dealkylation sites (N-methyl/N-ethyl adjacent to an activating group) is 1. The molecule has 110 valence electrons. The SMILES string of the molecule is COc1ccc(C(=O)N2CCC(O)(CN(C)C)C2)cn1. The van der Waals surface area contributed by atoms with E-state index in [4.69, 9.17) is 4.74 Å². The monoisotopic (exact) mass is 279 g/mol. The standard InChI is InChI=1S/C14H21N3O3/c1-16(2)9-14(19)6-7-17(10-14)13(18)11-4-5-12(20-3)15-8-11/h4-5,8,19H,6-7,9-10H2,1-3H3. The molecule has 2 rings (SSSR count). The van der Waals surface area contributed by atoms with Gasteiger partial charge >= 0.3 is 0 Å². The van der Waals surface area contributed by atoms with Crippen molar-refractivity contribution in [2.24, 2.45) is 0 Å². The van der Waals surface area contributed by atoms with Crippen molar-refractivity contribution in [3.63, 3.8) is 0 Å². The fourth-order valence-electron chi connectivity index (χ4n) is 2.56. The number of carbonyl (C=O) groups is 1. The number of aromatic nitrogens is 1. The Bertz CT molecular complexity index is 475.